The Balaban J connectivity index is 2.88. The van der Waals surface area contributed by atoms with Gasteiger partial charge in [-0.2, -0.15) is 0 Å². The van der Waals surface area contributed by atoms with Crippen LogP contribution < -0.4 is 5.32 Å². The number of nitrogens with one attached hydrogen (secondary N) is 1. The fraction of sp³-hybridized carbons (Fsp3) is 0.562. The quantitative estimate of drug-likeness (QED) is 0.743. The largest absolute Gasteiger partial charge is 0.385 e. The van der Waals surface area contributed by atoms with E-state index in [0.29, 0.717) is 26.3 Å². The zero-order valence-corrected chi connectivity index (χ0v) is 13.0. The number of rotatable bonds is 8. The molecule has 0 aromatic heterocycles. The van der Waals surface area contributed by atoms with E-state index >= 15 is 0 Å². The van der Waals surface area contributed by atoms with Crippen molar-refractivity contribution < 1.29 is 9.53 Å². The molecule has 0 aliphatic heterocycles. The van der Waals surface area contributed by atoms with Gasteiger partial charge in [-0.3, -0.25) is 4.79 Å². The molecule has 1 rings (SSSR count). The molecule has 4 nitrogen and oxygen atoms in total. The van der Waals surface area contributed by atoms with Crippen molar-refractivity contribution in [3.63, 3.8) is 0 Å². The van der Waals surface area contributed by atoms with Gasteiger partial charge in [0.25, 0.3) is 5.91 Å². The standard InChI is InChI=1S/C16H26N2O2/c1-5-17-15-12-13(4)8-9-14(15)16(19)18(6-2)10-11-20-7-3/h8-9,12,17H,5-7,10-11H2,1-4H3. The van der Waals surface area contributed by atoms with Crippen molar-refractivity contribution in [3.05, 3.63) is 29.3 Å². The molecule has 1 N–H and O–H groups in total. The SMILES string of the molecule is CCNc1cc(C)ccc1C(=O)N(CC)CCOCC. The van der Waals surface area contributed by atoms with Gasteiger partial charge in [0.2, 0.25) is 0 Å². The van der Waals surface area contributed by atoms with E-state index in [4.69, 9.17) is 4.74 Å². The molecule has 1 aromatic rings. The number of aryl methyl sites for hydroxylation is 1. The average Bonchev–Trinajstić information content (AvgIpc) is 2.44. The zero-order chi connectivity index (χ0) is 15.0. The van der Waals surface area contributed by atoms with Crippen molar-refractivity contribution in [2.75, 3.05) is 38.2 Å². The predicted molar refractivity (Wildman–Crippen MR) is 83.4 cm³/mol. The second-order valence-electron chi connectivity index (χ2n) is 4.66. The van der Waals surface area contributed by atoms with Gasteiger partial charge in [0, 0.05) is 31.9 Å². The van der Waals surface area contributed by atoms with Crippen LogP contribution >= 0.6 is 0 Å². The summed E-state index contributed by atoms with van der Waals surface area (Å²) in [5.41, 5.74) is 2.79. The number of hydrogen-bond donors (Lipinski definition) is 1. The van der Waals surface area contributed by atoms with E-state index in [-0.39, 0.29) is 5.91 Å². The van der Waals surface area contributed by atoms with E-state index in [9.17, 15) is 4.79 Å². The van der Waals surface area contributed by atoms with Gasteiger partial charge in [-0.25, -0.2) is 0 Å². The lowest BCUT2D eigenvalue weighted by molar-refractivity contribution is 0.0670. The predicted octanol–water partition coefficient (Wildman–Crippen LogP) is 2.93. The minimum Gasteiger partial charge on any atom is -0.385 e. The van der Waals surface area contributed by atoms with Crippen molar-refractivity contribution >= 4 is 11.6 Å². The van der Waals surface area contributed by atoms with Crippen molar-refractivity contribution in [2.24, 2.45) is 0 Å². The third-order valence-corrected chi connectivity index (χ3v) is 3.15. The molecule has 0 bridgehead atoms. The molecule has 0 aliphatic carbocycles. The van der Waals surface area contributed by atoms with Crippen LogP contribution in [0.15, 0.2) is 18.2 Å². The number of hydrogen-bond acceptors (Lipinski definition) is 3. The number of carbonyl (C=O) groups is 1. The lowest BCUT2D eigenvalue weighted by Crippen LogP contribution is -2.34. The van der Waals surface area contributed by atoms with E-state index in [2.05, 4.69) is 5.32 Å². The zero-order valence-electron chi connectivity index (χ0n) is 13.0. The first kappa shape index (κ1) is 16.5. The molecule has 0 fully saturated rings. The Morgan fingerprint density at radius 1 is 1.30 bits per heavy atom. The van der Waals surface area contributed by atoms with Crippen molar-refractivity contribution in [3.8, 4) is 0 Å². The molecule has 0 spiro atoms. The summed E-state index contributed by atoms with van der Waals surface area (Å²) in [7, 11) is 0. The van der Waals surface area contributed by atoms with E-state index < -0.39 is 0 Å². The summed E-state index contributed by atoms with van der Waals surface area (Å²) in [6, 6.07) is 5.90. The maximum atomic E-state index is 12.6. The maximum absolute atomic E-state index is 12.6. The number of anilines is 1. The third-order valence-electron chi connectivity index (χ3n) is 3.15. The number of carbonyl (C=O) groups excluding carboxylic acids is 1. The van der Waals surface area contributed by atoms with Gasteiger partial charge in [0.15, 0.2) is 0 Å². The van der Waals surface area contributed by atoms with Gasteiger partial charge >= 0.3 is 0 Å². The summed E-state index contributed by atoms with van der Waals surface area (Å²) in [5.74, 6) is 0.0585. The van der Waals surface area contributed by atoms with E-state index in [1.54, 1.807) is 0 Å². The average molecular weight is 278 g/mol. The minimum absolute atomic E-state index is 0.0585. The molecule has 0 heterocycles. The third kappa shape index (κ3) is 4.53. The summed E-state index contributed by atoms with van der Waals surface area (Å²) in [4.78, 5) is 14.4. The van der Waals surface area contributed by atoms with Gasteiger partial charge in [-0.1, -0.05) is 6.07 Å². The van der Waals surface area contributed by atoms with Crippen LogP contribution in [0.4, 0.5) is 5.69 Å². The highest BCUT2D eigenvalue weighted by molar-refractivity contribution is 5.99. The fourth-order valence-corrected chi connectivity index (χ4v) is 2.07. The topological polar surface area (TPSA) is 41.6 Å². The normalized spacial score (nSPS) is 10.4. The Morgan fingerprint density at radius 3 is 2.65 bits per heavy atom. The van der Waals surface area contributed by atoms with Crippen LogP contribution in [0.25, 0.3) is 0 Å². The van der Waals surface area contributed by atoms with Gasteiger partial charge in [-0.05, 0) is 45.4 Å². The molecule has 0 aliphatic rings. The monoisotopic (exact) mass is 278 g/mol. The van der Waals surface area contributed by atoms with Crippen LogP contribution in [0.3, 0.4) is 0 Å². The Kier molecular flexibility index (Phi) is 7.09. The fourth-order valence-electron chi connectivity index (χ4n) is 2.07. The molecule has 4 heteroatoms. The van der Waals surface area contributed by atoms with Crippen LogP contribution in [0.5, 0.6) is 0 Å². The lowest BCUT2D eigenvalue weighted by atomic mass is 10.1. The first-order valence-corrected chi connectivity index (χ1v) is 7.35. The highest BCUT2D eigenvalue weighted by atomic mass is 16.5. The van der Waals surface area contributed by atoms with Crippen LogP contribution in [-0.2, 0) is 4.74 Å². The smallest absolute Gasteiger partial charge is 0.256 e. The van der Waals surface area contributed by atoms with Crippen LogP contribution in [-0.4, -0.2) is 43.7 Å². The van der Waals surface area contributed by atoms with Crippen molar-refractivity contribution in [2.45, 2.75) is 27.7 Å². The van der Waals surface area contributed by atoms with Gasteiger partial charge < -0.3 is 15.0 Å². The number of likely N-dealkylation sites (N-methyl/N-ethyl adjacent to an activating group) is 1. The summed E-state index contributed by atoms with van der Waals surface area (Å²) < 4.78 is 5.34. The summed E-state index contributed by atoms with van der Waals surface area (Å²) in [6.07, 6.45) is 0. The van der Waals surface area contributed by atoms with Gasteiger partial charge in [0.1, 0.15) is 0 Å². The Morgan fingerprint density at radius 2 is 2.05 bits per heavy atom. The lowest BCUT2D eigenvalue weighted by Gasteiger charge is -2.22. The van der Waals surface area contributed by atoms with Crippen molar-refractivity contribution in [1.82, 2.24) is 4.90 Å². The molecule has 0 atom stereocenters. The molecule has 0 unspecified atom stereocenters. The summed E-state index contributed by atoms with van der Waals surface area (Å²) in [5, 5.41) is 3.27. The highest BCUT2D eigenvalue weighted by Gasteiger charge is 2.17. The molecule has 0 radical (unpaired) electrons. The first-order chi connectivity index (χ1) is 9.63. The maximum Gasteiger partial charge on any atom is 0.256 e. The van der Waals surface area contributed by atoms with Gasteiger partial charge in [0.05, 0.1) is 12.2 Å². The molecular weight excluding hydrogens is 252 g/mol. The Labute approximate surface area is 122 Å². The molecular formula is C16H26N2O2. The van der Waals surface area contributed by atoms with E-state index in [1.165, 1.54) is 0 Å². The number of benzene rings is 1. The van der Waals surface area contributed by atoms with E-state index in [0.717, 1.165) is 23.4 Å². The Hall–Kier alpha value is -1.55. The van der Waals surface area contributed by atoms with Crippen LogP contribution in [0, 0.1) is 6.92 Å². The second kappa shape index (κ2) is 8.59. The van der Waals surface area contributed by atoms with Crippen LogP contribution in [0.1, 0.15) is 36.7 Å². The van der Waals surface area contributed by atoms with E-state index in [1.807, 2.05) is 50.8 Å². The molecule has 0 saturated carbocycles. The first-order valence-electron chi connectivity index (χ1n) is 7.35. The number of nitrogens with zero attached hydrogens (tertiary/aromatic N) is 1. The summed E-state index contributed by atoms with van der Waals surface area (Å²) >= 11 is 0. The molecule has 20 heavy (non-hydrogen) atoms. The molecule has 112 valence electrons. The second-order valence-corrected chi connectivity index (χ2v) is 4.66. The highest BCUT2D eigenvalue weighted by Crippen LogP contribution is 2.19. The molecule has 1 aromatic carbocycles. The Bertz CT molecular complexity index is 432. The minimum atomic E-state index is 0.0585. The van der Waals surface area contributed by atoms with Gasteiger partial charge in [-0.15, -0.1) is 0 Å². The summed E-state index contributed by atoms with van der Waals surface area (Å²) in [6.45, 7) is 11.4. The van der Waals surface area contributed by atoms with Crippen LogP contribution in [0.2, 0.25) is 0 Å². The number of ether oxygens (including phenoxy) is 1. The molecule has 1 amide bonds. The number of amides is 1. The van der Waals surface area contributed by atoms with Crippen molar-refractivity contribution in [1.29, 1.82) is 0 Å². The molecule has 0 saturated heterocycles.